The lowest BCUT2D eigenvalue weighted by Gasteiger charge is -2.41. The minimum atomic E-state index is -0.646. The Morgan fingerprint density at radius 3 is 0.860 bits per heavy atom. The zero-order valence-corrected chi connectivity index (χ0v) is 34.1. The number of benzene rings is 4. The third kappa shape index (κ3) is 7.13. The Morgan fingerprint density at radius 2 is 0.600 bits per heavy atom. The maximum atomic E-state index is 6.92. The highest BCUT2D eigenvalue weighted by molar-refractivity contribution is 5.69. The molecule has 0 atom stereocenters. The Bertz CT molecular complexity index is 1760. The molecule has 4 aromatic carbocycles. The number of anilines is 4. The van der Waals surface area contributed by atoms with Crippen molar-refractivity contribution in [2.24, 2.45) is 0 Å². The van der Waals surface area contributed by atoms with Crippen LogP contribution in [0.25, 0.3) is 0 Å². The van der Waals surface area contributed by atoms with Gasteiger partial charge in [-0.2, -0.15) is 0 Å². The molecule has 270 valence electrons. The molecule has 0 fully saturated rings. The first-order valence-corrected chi connectivity index (χ1v) is 18.2. The average molecular weight is 675 g/mol. The van der Waals surface area contributed by atoms with Gasteiger partial charge in [-0.1, -0.05) is 132 Å². The van der Waals surface area contributed by atoms with Gasteiger partial charge in [-0.3, -0.25) is 0 Å². The minimum absolute atomic E-state index is 0.126. The van der Waals surface area contributed by atoms with E-state index in [1.807, 2.05) is 0 Å². The third-order valence-corrected chi connectivity index (χ3v) is 10.8. The van der Waals surface area contributed by atoms with E-state index in [4.69, 9.17) is 22.9 Å². The smallest absolute Gasteiger partial charge is 0.0492 e. The first-order chi connectivity index (χ1) is 22.6. The predicted molar refractivity (Wildman–Crippen MR) is 221 cm³/mol. The summed E-state index contributed by atoms with van der Waals surface area (Å²) in [6, 6.07) is 18.7. The number of hydrogen-bond acceptors (Lipinski definition) is 4. The number of aryl methyl sites for hydroxylation is 4. The number of rotatable bonds is 5. The van der Waals surface area contributed by atoms with Gasteiger partial charge in [0.2, 0.25) is 0 Å². The standard InChI is InChI=1S/C46H66N4/c1-26-17-30(21-34(38(26)47)42(5,6)7)25-46(31-18-27(2)39(48)35(22-31)43(8,9)10,32-19-28(3)40(49)36(23-32)44(11,12)13)33-20-29(4)41(50)37(24-33)45(14,15)16/h17-24H,25,47-50H2,1-16H3. The van der Waals surface area contributed by atoms with Crippen molar-refractivity contribution in [3.05, 3.63) is 115 Å². The molecule has 0 spiro atoms. The van der Waals surface area contributed by atoms with Crippen molar-refractivity contribution >= 4 is 22.7 Å². The van der Waals surface area contributed by atoms with Gasteiger partial charge in [0.1, 0.15) is 0 Å². The molecule has 0 radical (unpaired) electrons. The average Bonchev–Trinajstić information content (AvgIpc) is 2.95. The molecule has 0 saturated heterocycles. The quantitative estimate of drug-likeness (QED) is 0.125. The first kappa shape index (κ1) is 38.9. The normalized spacial score (nSPS) is 13.2. The SMILES string of the molecule is Cc1cc(CC(c2cc(C)c(N)c(C(C)(C)C)c2)(c2cc(C)c(N)c(C(C)(C)C)c2)c2cc(C)c(N)c(C(C)(C)C)c2)cc(C(C)(C)C)c1N. The summed E-state index contributed by atoms with van der Waals surface area (Å²) in [5, 5.41) is 0. The zero-order valence-electron chi connectivity index (χ0n) is 34.1. The molecule has 0 amide bonds. The van der Waals surface area contributed by atoms with Crippen LogP contribution in [0.4, 0.5) is 22.7 Å². The Hall–Kier alpha value is -3.92. The van der Waals surface area contributed by atoms with Gasteiger partial charge in [-0.25, -0.2) is 0 Å². The molecule has 4 rings (SSSR count). The highest BCUT2D eigenvalue weighted by atomic mass is 14.6. The lowest BCUT2D eigenvalue weighted by molar-refractivity contribution is 0.562. The monoisotopic (exact) mass is 675 g/mol. The van der Waals surface area contributed by atoms with Crippen LogP contribution in [0.3, 0.4) is 0 Å². The van der Waals surface area contributed by atoms with Crippen LogP contribution in [-0.4, -0.2) is 0 Å². The molecule has 0 bridgehead atoms. The first-order valence-electron chi connectivity index (χ1n) is 18.2. The van der Waals surface area contributed by atoms with Crippen molar-refractivity contribution in [3.63, 3.8) is 0 Å². The van der Waals surface area contributed by atoms with Gasteiger partial charge in [0.25, 0.3) is 0 Å². The summed E-state index contributed by atoms with van der Waals surface area (Å²) in [5.74, 6) is 0. The van der Waals surface area contributed by atoms with Gasteiger partial charge >= 0.3 is 0 Å². The Labute approximate surface area is 304 Å². The van der Waals surface area contributed by atoms with Crippen LogP contribution in [0.1, 0.15) is 150 Å². The molecule has 0 aliphatic carbocycles. The van der Waals surface area contributed by atoms with Crippen molar-refractivity contribution in [1.82, 2.24) is 0 Å². The summed E-state index contributed by atoms with van der Waals surface area (Å²) in [6.45, 7) is 35.5. The molecule has 4 heteroatoms. The van der Waals surface area contributed by atoms with Crippen molar-refractivity contribution in [1.29, 1.82) is 0 Å². The summed E-state index contributed by atoms with van der Waals surface area (Å²) >= 11 is 0. The zero-order chi connectivity index (χ0) is 38.1. The Kier molecular flexibility index (Phi) is 9.87. The molecule has 4 aromatic rings. The van der Waals surface area contributed by atoms with E-state index in [0.29, 0.717) is 6.42 Å². The van der Waals surface area contributed by atoms with Crippen LogP contribution >= 0.6 is 0 Å². The predicted octanol–water partition coefficient (Wildman–Crippen LogP) is 11.0. The lowest BCUT2D eigenvalue weighted by Crippen LogP contribution is -2.35. The maximum Gasteiger partial charge on any atom is 0.0492 e. The van der Waals surface area contributed by atoms with E-state index >= 15 is 0 Å². The fraction of sp³-hybridized carbons (Fsp3) is 0.478. The molecule has 0 aliphatic heterocycles. The molecule has 0 saturated carbocycles. The van der Waals surface area contributed by atoms with Crippen molar-refractivity contribution in [2.75, 3.05) is 22.9 Å². The van der Waals surface area contributed by atoms with Crippen LogP contribution in [0.2, 0.25) is 0 Å². The van der Waals surface area contributed by atoms with Crippen LogP contribution in [-0.2, 0) is 33.5 Å². The number of nitrogens with two attached hydrogens (primary N) is 4. The fourth-order valence-corrected chi connectivity index (χ4v) is 7.70. The second kappa shape index (κ2) is 12.7. The van der Waals surface area contributed by atoms with Gasteiger partial charge in [0.05, 0.1) is 0 Å². The highest BCUT2D eigenvalue weighted by Crippen LogP contribution is 2.49. The second-order valence-corrected chi connectivity index (χ2v) is 19.2. The highest BCUT2D eigenvalue weighted by Gasteiger charge is 2.41. The maximum absolute atomic E-state index is 6.92. The molecule has 0 heterocycles. The van der Waals surface area contributed by atoms with Crippen molar-refractivity contribution in [2.45, 2.75) is 144 Å². The van der Waals surface area contributed by atoms with E-state index in [-0.39, 0.29) is 21.7 Å². The number of nitrogen functional groups attached to an aromatic ring is 4. The van der Waals surface area contributed by atoms with Gasteiger partial charge in [-0.05, 0) is 123 Å². The summed E-state index contributed by atoms with van der Waals surface area (Å²) < 4.78 is 0. The topological polar surface area (TPSA) is 104 Å². The molecular weight excluding hydrogens is 609 g/mol. The van der Waals surface area contributed by atoms with Crippen LogP contribution in [0.5, 0.6) is 0 Å². The van der Waals surface area contributed by atoms with Crippen molar-refractivity contribution in [3.8, 4) is 0 Å². The van der Waals surface area contributed by atoms with E-state index < -0.39 is 5.41 Å². The lowest BCUT2D eigenvalue weighted by atomic mass is 9.62. The molecule has 0 unspecified atom stereocenters. The van der Waals surface area contributed by atoms with Gasteiger partial charge in [0, 0.05) is 28.2 Å². The van der Waals surface area contributed by atoms with Crippen molar-refractivity contribution < 1.29 is 0 Å². The Morgan fingerprint density at radius 1 is 0.360 bits per heavy atom. The molecule has 4 nitrogen and oxygen atoms in total. The van der Waals surface area contributed by atoms with E-state index in [9.17, 15) is 0 Å². The fourth-order valence-electron chi connectivity index (χ4n) is 7.70. The van der Waals surface area contributed by atoms with Gasteiger partial charge in [-0.15, -0.1) is 0 Å². The van der Waals surface area contributed by atoms with Gasteiger partial charge < -0.3 is 22.9 Å². The summed E-state index contributed by atoms with van der Waals surface area (Å²) in [5.41, 5.74) is 43.4. The molecule has 8 N–H and O–H groups in total. The van der Waals surface area contributed by atoms with Crippen LogP contribution in [0, 0.1) is 27.7 Å². The summed E-state index contributed by atoms with van der Waals surface area (Å²) in [6.07, 6.45) is 0.698. The van der Waals surface area contributed by atoms with E-state index in [1.165, 1.54) is 22.3 Å². The molecule has 50 heavy (non-hydrogen) atoms. The summed E-state index contributed by atoms with van der Waals surface area (Å²) in [7, 11) is 0. The largest absolute Gasteiger partial charge is 0.398 e. The summed E-state index contributed by atoms with van der Waals surface area (Å²) in [4.78, 5) is 0. The second-order valence-electron chi connectivity index (χ2n) is 19.2. The minimum Gasteiger partial charge on any atom is -0.398 e. The van der Waals surface area contributed by atoms with E-state index in [0.717, 1.165) is 67.3 Å². The molecular formula is C46H66N4. The van der Waals surface area contributed by atoms with E-state index in [1.54, 1.807) is 0 Å². The van der Waals surface area contributed by atoms with Crippen LogP contribution < -0.4 is 22.9 Å². The van der Waals surface area contributed by atoms with E-state index in [2.05, 4.69) is 159 Å². The Balaban J connectivity index is 2.37. The van der Waals surface area contributed by atoms with Crippen LogP contribution in [0.15, 0.2) is 48.5 Å². The number of hydrogen-bond donors (Lipinski definition) is 4. The third-order valence-electron chi connectivity index (χ3n) is 10.8. The molecule has 0 aromatic heterocycles. The van der Waals surface area contributed by atoms with Gasteiger partial charge in [0.15, 0.2) is 0 Å². The molecule has 0 aliphatic rings.